The zero-order chi connectivity index (χ0) is 22.9. The Kier molecular flexibility index (Phi) is 7.33. The zero-order valence-corrected chi connectivity index (χ0v) is 17.5. The number of aliphatic imine (C=N–C) groups is 1. The Bertz CT molecular complexity index is 1160. The molecule has 0 spiro atoms. The Balaban J connectivity index is 1.50. The quantitative estimate of drug-likeness (QED) is 0.294. The molecule has 0 saturated heterocycles. The number of carbonyl (C=O) groups excluding carboxylic acids is 1. The van der Waals surface area contributed by atoms with Gasteiger partial charge < -0.3 is 16.8 Å². The van der Waals surface area contributed by atoms with Crippen LogP contribution in [0.3, 0.4) is 0 Å². The average Bonchev–Trinajstić information content (AvgIpc) is 3.30. The fourth-order valence-electron chi connectivity index (χ4n) is 3.14. The number of nitrogen functional groups attached to an aromatic ring is 1. The third kappa shape index (κ3) is 5.80. The first-order valence-electron chi connectivity index (χ1n) is 10.0. The lowest BCUT2D eigenvalue weighted by Gasteiger charge is -2.07. The summed E-state index contributed by atoms with van der Waals surface area (Å²) in [5.74, 6) is -0.322. The predicted octanol–water partition coefficient (Wildman–Crippen LogP) is 2.94. The maximum atomic E-state index is 12.4. The number of nitrogens with zero attached hydrogens (tertiary/aromatic N) is 2. The van der Waals surface area contributed by atoms with Crippen LogP contribution in [-0.2, 0) is 17.9 Å². The Morgan fingerprint density at radius 3 is 2.41 bits per heavy atom. The van der Waals surface area contributed by atoms with Crippen LogP contribution in [0.25, 0.3) is 5.57 Å². The molecule has 0 radical (unpaired) electrons. The molecule has 160 valence electrons. The summed E-state index contributed by atoms with van der Waals surface area (Å²) in [6.07, 6.45) is 7.17. The van der Waals surface area contributed by atoms with Gasteiger partial charge in [-0.3, -0.25) is 15.2 Å². The van der Waals surface area contributed by atoms with Gasteiger partial charge >= 0.3 is 0 Å². The molecule has 32 heavy (non-hydrogen) atoms. The number of amides is 1. The second kappa shape index (κ2) is 10.5. The summed E-state index contributed by atoms with van der Waals surface area (Å²) in [5, 5.41) is 19.2. The molecule has 0 fully saturated rings. The second-order valence-electron chi connectivity index (χ2n) is 7.25. The summed E-state index contributed by atoms with van der Waals surface area (Å²) in [5.41, 5.74) is 16.8. The Morgan fingerprint density at radius 2 is 1.81 bits per heavy atom. The van der Waals surface area contributed by atoms with E-state index in [-0.39, 0.29) is 17.3 Å². The Labute approximate surface area is 187 Å². The molecule has 0 aliphatic heterocycles. The molecule has 7 nitrogen and oxygen atoms in total. The van der Waals surface area contributed by atoms with Gasteiger partial charge in [-0.05, 0) is 28.3 Å². The molecule has 3 rings (SSSR count). The highest BCUT2D eigenvalue weighted by Crippen LogP contribution is 2.27. The van der Waals surface area contributed by atoms with Gasteiger partial charge in [0.2, 0.25) is 0 Å². The van der Waals surface area contributed by atoms with Gasteiger partial charge in [-0.25, -0.2) is 0 Å². The fraction of sp³-hybridized carbons (Fsp3) is 0.120. The first kappa shape index (κ1) is 22.2. The van der Waals surface area contributed by atoms with Crippen molar-refractivity contribution in [3.8, 4) is 6.07 Å². The summed E-state index contributed by atoms with van der Waals surface area (Å²) in [6, 6.07) is 17.2. The van der Waals surface area contributed by atoms with E-state index < -0.39 is 0 Å². The standard InChI is InChI=1S/C25H24N6O/c26-12-19-5-10-22(11-19)20-6-1-17(2-7-20)14-30-16-23(13-27)25(32)31-15-18-3-8-21(9-4-18)24(28)29/h1-10,13,16H,11,14-15,27H2,(H3,28,29)(H,31,32)/b23-13+,30-16?. The number of allylic oxidation sites excluding steroid dienone is 4. The summed E-state index contributed by atoms with van der Waals surface area (Å²) >= 11 is 0. The molecule has 1 amide bonds. The maximum Gasteiger partial charge on any atom is 0.254 e. The minimum atomic E-state index is -0.323. The predicted molar refractivity (Wildman–Crippen MR) is 127 cm³/mol. The molecule has 0 bridgehead atoms. The van der Waals surface area contributed by atoms with E-state index >= 15 is 0 Å². The molecule has 1 aliphatic carbocycles. The summed E-state index contributed by atoms with van der Waals surface area (Å²) < 4.78 is 0. The zero-order valence-electron chi connectivity index (χ0n) is 17.5. The molecule has 0 atom stereocenters. The van der Waals surface area contributed by atoms with E-state index in [1.165, 1.54) is 12.4 Å². The van der Waals surface area contributed by atoms with Gasteiger partial charge in [0.25, 0.3) is 5.91 Å². The molecule has 0 aromatic heterocycles. The number of nitrogens with one attached hydrogen (secondary N) is 2. The van der Waals surface area contributed by atoms with E-state index in [0.29, 0.717) is 25.1 Å². The highest BCUT2D eigenvalue weighted by atomic mass is 16.1. The fourth-order valence-corrected chi connectivity index (χ4v) is 3.14. The highest BCUT2D eigenvalue weighted by Gasteiger charge is 2.10. The topological polar surface area (TPSA) is 141 Å². The van der Waals surface area contributed by atoms with Crippen LogP contribution in [0, 0.1) is 16.7 Å². The van der Waals surface area contributed by atoms with Crippen LogP contribution < -0.4 is 16.8 Å². The maximum absolute atomic E-state index is 12.4. The van der Waals surface area contributed by atoms with Crippen LogP contribution in [0.5, 0.6) is 0 Å². The SMILES string of the molecule is N#CC1=CC=C(c2ccc(CN=C/C(=C\N)C(=O)NCc3ccc(C(=N)N)cc3)cc2)C1. The number of hydrogen-bond acceptors (Lipinski definition) is 5. The highest BCUT2D eigenvalue weighted by molar-refractivity contribution is 6.12. The van der Waals surface area contributed by atoms with E-state index in [1.54, 1.807) is 24.3 Å². The van der Waals surface area contributed by atoms with Crippen molar-refractivity contribution in [2.45, 2.75) is 19.5 Å². The Hall–Kier alpha value is -4.44. The van der Waals surface area contributed by atoms with Gasteiger partial charge in [-0.2, -0.15) is 5.26 Å². The van der Waals surface area contributed by atoms with Crippen LogP contribution in [0.15, 0.2) is 83.0 Å². The number of hydrogen-bond donors (Lipinski definition) is 4. The monoisotopic (exact) mass is 424 g/mol. The van der Waals surface area contributed by atoms with Gasteiger partial charge in [0.15, 0.2) is 0 Å². The van der Waals surface area contributed by atoms with Crippen LogP contribution in [0.4, 0.5) is 0 Å². The van der Waals surface area contributed by atoms with Crippen molar-refractivity contribution >= 4 is 23.5 Å². The van der Waals surface area contributed by atoms with Crippen LogP contribution >= 0.6 is 0 Å². The van der Waals surface area contributed by atoms with E-state index in [2.05, 4.69) is 16.4 Å². The average molecular weight is 425 g/mol. The first-order valence-corrected chi connectivity index (χ1v) is 10.0. The van der Waals surface area contributed by atoms with Gasteiger partial charge in [-0.15, -0.1) is 0 Å². The van der Waals surface area contributed by atoms with Crippen molar-refractivity contribution in [3.05, 3.63) is 100 Å². The smallest absolute Gasteiger partial charge is 0.254 e. The molecule has 0 heterocycles. The van der Waals surface area contributed by atoms with Crippen molar-refractivity contribution in [1.82, 2.24) is 5.32 Å². The number of amidine groups is 1. The third-order valence-electron chi connectivity index (χ3n) is 5.00. The largest absolute Gasteiger partial charge is 0.404 e. The van der Waals surface area contributed by atoms with Crippen LogP contribution in [0.1, 0.15) is 28.7 Å². The first-order chi connectivity index (χ1) is 15.5. The number of nitrogens with two attached hydrogens (primary N) is 2. The van der Waals surface area contributed by atoms with Gasteiger partial charge in [0.1, 0.15) is 5.84 Å². The molecular weight excluding hydrogens is 400 g/mol. The Morgan fingerprint density at radius 1 is 1.12 bits per heavy atom. The summed E-state index contributed by atoms with van der Waals surface area (Å²) in [7, 11) is 0. The lowest BCUT2D eigenvalue weighted by Crippen LogP contribution is -2.25. The molecule has 2 aromatic rings. The summed E-state index contributed by atoms with van der Waals surface area (Å²) in [6.45, 7) is 0.736. The molecule has 1 aliphatic rings. The van der Waals surface area contributed by atoms with Crippen molar-refractivity contribution in [3.63, 3.8) is 0 Å². The van der Waals surface area contributed by atoms with Gasteiger partial charge in [-0.1, -0.05) is 54.6 Å². The lowest BCUT2D eigenvalue weighted by molar-refractivity contribution is -0.117. The van der Waals surface area contributed by atoms with Crippen molar-refractivity contribution in [1.29, 1.82) is 10.7 Å². The van der Waals surface area contributed by atoms with Crippen LogP contribution in [-0.4, -0.2) is 18.0 Å². The van der Waals surface area contributed by atoms with E-state index in [1.807, 2.05) is 36.4 Å². The third-order valence-corrected chi connectivity index (χ3v) is 5.00. The molecule has 0 unspecified atom stereocenters. The number of benzene rings is 2. The van der Waals surface area contributed by atoms with Crippen molar-refractivity contribution in [2.75, 3.05) is 0 Å². The number of nitriles is 1. The van der Waals surface area contributed by atoms with Crippen LogP contribution in [0.2, 0.25) is 0 Å². The normalized spacial score (nSPS) is 13.4. The van der Waals surface area contributed by atoms with E-state index in [9.17, 15) is 4.79 Å². The van der Waals surface area contributed by atoms with Gasteiger partial charge in [0.05, 0.1) is 18.2 Å². The van der Waals surface area contributed by atoms with E-state index in [0.717, 1.165) is 27.8 Å². The van der Waals surface area contributed by atoms with Crippen molar-refractivity contribution < 1.29 is 4.79 Å². The van der Waals surface area contributed by atoms with Gasteiger partial charge in [0, 0.05) is 36.5 Å². The molecule has 0 saturated carbocycles. The minimum absolute atomic E-state index is 0.000515. The number of carbonyl (C=O) groups is 1. The summed E-state index contributed by atoms with van der Waals surface area (Å²) in [4.78, 5) is 16.7. The lowest BCUT2D eigenvalue weighted by atomic mass is 10.0. The van der Waals surface area contributed by atoms with E-state index in [4.69, 9.17) is 22.1 Å². The second-order valence-corrected chi connectivity index (χ2v) is 7.25. The molecule has 2 aromatic carbocycles. The molecular formula is C25H24N6O. The van der Waals surface area contributed by atoms with Crippen molar-refractivity contribution in [2.24, 2.45) is 16.5 Å². The minimum Gasteiger partial charge on any atom is -0.404 e. The number of rotatable bonds is 8. The molecule has 6 N–H and O–H groups in total. The molecule has 7 heteroatoms.